The first-order valence-electron chi connectivity index (χ1n) is 8.77. The van der Waals surface area contributed by atoms with Crippen LogP contribution < -0.4 is 10.6 Å². The zero-order chi connectivity index (χ0) is 19.2. The van der Waals surface area contributed by atoms with E-state index in [1.807, 2.05) is 13.0 Å². The quantitative estimate of drug-likeness (QED) is 0.635. The van der Waals surface area contributed by atoms with Gasteiger partial charge in [-0.1, -0.05) is 17.7 Å². The third kappa shape index (κ3) is 5.59. The maximum atomic E-state index is 13.5. The molecule has 2 N–H and O–H groups in total. The molecule has 0 bridgehead atoms. The second kappa shape index (κ2) is 8.73. The van der Waals surface area contributed by atoms with Crippen molar-refractivity contribution in [3.05, 3.63) is 65.2 Å². The number of carbonyl (C=O) groups is 1. The third-order valence-electron chi connectivity index (χ3n) is 4.11. The van der Waals surface area contributed by atoms with Crippen molar-refractivity contribution >= 4 is 17.6 Å². The molecule has 2 aromatic rings. The number of hydrogen-bond acceptors (Lipinski definition) is 3. The molecule has 142 valence electrons. The molecule has 0 radical (unpaired) electrons. The summed E-state index contributed by atoms with van der Waals surface area (Å²) in [4.78, 5) is 16.9. The Bertz CT molecular complexity index is 829. The SMILES string of the molecule is Cc1cccc(C(=O)NC(=NCC2CCCO2)Nc2cc(F)cc(F)c2)c1. The fourth-order valence-electron chi connectivity index (χ4n) is 2.82. The van der Waals surface area contributed by atoms with Crippen molar-refractivity contribution in [1.29, 1.82) is 0 Å². The molecule has 1 heterocycles. The van der Waals surface area contributed by atoms with Crippen molar-refractivity contribution < 1.29 is 18.3 Å². The minimum atomic E-state index is -0.721. The molecule has 0 saturated carbocycles. The van der Waals surface area contributed by atoms with E-state index in [2.05, 4.69) is 15.6 Å². The molecule has 27 heavy (non-hydrogen) atoms. The lowest BCUT2D eigenvalue weighted by molar-refractivity contribution is 0.0975. The van der Waals surface area contributed by atoms with Gasteiger partial charge in [0.25, 0.3) is 5.91 Å². The first-order chi connectivity index (χ1) is 13.0. The third-order valence-corrected chi connectivity index (χ3v) is 4.11. The second-order valence-electron chi connectivity index (χ2n) is 6.43. The highest BCUT2D eigenvalue weighted by Gasteiger charge is 2.16. The van der Waals surface area contributed by atoms with Gasteiger partial charge < -0.3 is 10.1 Å². The number of amides is 1. The minimum Gasteiger partial charge on any atom is -0.376 e. The standard InChI is InChI=1S/C20H21F2N3O2/c1-13-4-2-5-14(8-13)19(26)25-20(23-12-18-6-3-7-27-18)24-17-10-15(21)9-16(22)11-17/h2,4-5,8-11,18H,3,6-7,12H2,1H3,(H2,23,24,25,26). The van der Waals surface area contributed by atoms with Crippen molar-refractivity contribution in [3.63, 3.8) is 0 Å². The van der Waals surface area contributed by atoms with Crippen LogP contribution in [0, 0.1) is 18.6 Å². The van der Waals surface area contributed by atoms with Crippen LogP contribution in [0.15, 0.2) is 47.5 Å². The zero-order valence-corrected chi connectivity index (χ0v) is 15.0. The fourth-order valence-corrected chi connectivity index (χ4v) is 2.82. The van der Waals surface area contributed by atoms with E-state index in [-0.39, 0.29) is 23.7 Å². The van der Waals surface area contributed by atoms with Crippen molar-refractivity contribution in [1.82, 2.24) is 5.32 Å². The van der Waals surface area contributed by atoms with Crippen LogP contribution >= 0.6 is 0 Å². The number of carbonyl (C=O) groups excluding carboxylic acids is 1. The van der Waals surface area contributed by atoms with E-state index in [1.54, 1.807) is 18.2 Å². The van der Waals surface area contributed by atoms with E-state index in [0.717, 1.165) is 36.6 Å². The van der Waals surface area contributed by atoms with Crippen LogP contribution in [0.1, 0.15) is 28.8 Å². The topological polar surface area (TPSA) is 62.7 Å². The largest absolute Gasteiger partial charge is 0.376 e. The Morgan fingerprint density at radius 1 is 1.22 bits per heavy atom. The fraction of sp³-hybridized carbons (Fsp3) is 0.300. The number of aryl methyl sites for hydroxylation is 1. The molecule has 1 unspecified atom stereocenters. The Kier molecular flexibility index (Phi) is 6.13. The van der Waals surface area contributed by atoms with Gasteiger partial charge in [-0.3, -0.25) is 10.1 Å². The molecular weight excluding hydrogens is 352 g/mol. The molecule has 0 aliphatic carbocycles. The predicted octanol–water partition coefficient (Wildman–Crippen LogP) is 3.65. The van der Waals surface area contributed by atoms with E-state index in [1.165, 1.54) is 0 Å². The zero-order valence-electron chi connectivity index (χ0n) is 15.0. The maximum absolute atomic E-state index is 13.5. The number of aliphatic imine (C=N–C) groups is 1. The molecule has 1 aliphatic rings. The lowest BCUT2D eigenvalue weighted by Gasteiger charge is -2.14. The van der Waals surface area contributed by atoms with Crippen molar-refractivity contribution in [2.75, 3.05) is 18.5 Å². The van der Waals surface area contributed by atoms with Gasteiger partial charge in [0.15, 0.2) is 0 Å². The molecule has 7 heteroatoms. The molecule has 2 aromatic carbocycles. The van der Waals surface area contributed by atoms with Gasteiger partial charge in [0.05, 0.1) is 12.6 Å². The van der Waals surface area contributed by atoms with Gasteiger partial charge in [-0.05, 0) is 44.0 Å². The smallest absolute Gasteiger partial charge is 0.257 e. The summed E-state index contributed by atoms with van der Waals surface area (Å²) in [5.74, 6) is -1.70. The number of ether oxygens (including phenoxy) is 1. The first-order valence-corrected chi connectivity index (χ1v) is 8.77. The van der Waals surface area contributed by atoms with Gasteiger partial charge in [-0.2, -0.15) is 0 Å². The Hall–Kier alpha value is -2.80. The molecule has 1 fully saturated rings. The maximum Gasteiger partial charge on any atom is 0.257 e. The number of guanidine groups is 1. The summed E-state index contributed by atoms with van der Waals surface area (Å²) in [6.07, 6.45) is 1.83. The average molecular weight is 373 g/mol. The summed E-state index contributed by atoms with van der Waals surface area (Å²) in [6, 6.07) is 10.1. The molecule has 0 aromatic heterocycles. The highest BCUT2D eigenvalue weighted by atomic mass is 19.1. The monoisotopic (exact) mass is 373 g/mol. The molecular formula is C20H21F2N3O2. The number of anilines is 1. The molecule has 3 rings (SSSR count). The Morgan fingerprint density at radius 2 is 2.00 bits per heavy atom. The molecule has 5 nitrogen and oxygen atoms in total. The number of rotatable bonds is 4. The van der Waals surface area contributed by atoms with Crippen molar-refractivity contribution in [2.24, 2.45) is 4.99 Å². The van der Waals surface area contributed by atoms with E-state index >= 15 is 0 Å². The van der Waals surface area contributed by atoms with Crippen LogP contribution in [0.5, 0.6) is 0 Å². The number of nitrogens with one attached hydrogen (secondary N) is 2. The van der Waals surface area contributed by atoms with Crippen LogP contribution in [0.2, 0.25) is 0 Å². The molecule has 1 aliphatic heterocycles. The first kappa shape index (κ1) is 19.0. The Labute approximate surface area is 156 Å². The van der Waals surface area contributed by atoms with Gasteiger partial charge in [-0.15, -0.1) is 0 Å². The van der Waals surface area contributed by atoms with E-state index < -0.39 is 11.6 Å². The van der Waals surface area contributed by atoms with E-state index in [4.69, 9.17) is 4.74 Å². The number of hydrogen-bond donors (Lipinski definition) is 2. The van der Waals surface area contributed by atoms with Crippen molar-refractivity contribution in [2.45, 2.75) is 25.9 Å². The lowest BCUT2D eigenvalue weighted by atomic mass is 10.1. The molecule has 1 saturated heterocycles. The molecule has 1 atom stereocenters. The molecule has 0 spiro atoms. The number of nitrogens with zero attached hydrogens (tertiary/aromatic N) is 1. The summed E-state index contributed by atoms with van der Waals surface area (Å²) in [5.41, 5.74) is 1.57. The second-order valence-corrected chi connectivity index (χ2v) is 6.43. The van der Waals surface area contributed by atoms with Crippen LogP contribution in [0.25, 0.3) is 0 Å². The van der Waals surface area contributed by atoms with Gasteiger partial charge in [0.2, 0.25) is 5.96 Å². The van der Waals surface area contributed by atoms with Crippen LogP contribution in [-0.4, -0.2) is 31.1 Å². The lowest BCUT2D eigenvalue weighted by Crippen LogP contribution is -2.36. The normalized spacial score (nSPS) is 17.0. The van der Waals surface area contributed by atoms with Crippen LogP contribution in [-0.2, 0) is 4.74 Å². The van der Waals surface area contributed by atoms with Crippen LogP contribution in [0.3, 0.4) is 0 Å². The number of halogens is 2. The van der Waals surface area contributed by atoms with Gasteiger partial charge in [-0.25, -0.2) is 13.8 Å². The average Bonchev–Trinajstić information content (AvgIpc) is 3.12. The highest BCUT2D eigenvalue weighted by Crippen LogP contribution is 2.14. The van der Waals surface area contributed by atoms with Crippen LogP contribution in [0.4, 0.5) is 14.5 Å². The number of benzene rings is 2. The van der Waals surface area contributed by atoms with E-state index in [9.17, 15) is 13.6 Å². The van der Waals surface area contributed by atoms with Crippen molar-refractivity contribution in [3.8, 4) is 0 Å². The molecule has 1 amide bonds. The summed E-state index contributed by atoms with van der Waals surface area (Å²) >= 11 is 0. The Morgan fingerprint density at radius 3 is 2.67 bits per heavy atom. The van der Waals surface area contributed by atoms with Gasteiger partial charge in [0, 0.05) is 23.9 Å². The summed E-state index contributed by atoms with van der Waals surface area (Å²) < 4.78 is 32.4. The predicted molar refractivity (Wildman–Crippen MR) is 99.9 cm³/mol. The van der Waals surface area contributed by atoms with Gasteiger partial charge >= 0.3 is 0 Å². The summed E-state index contributed by atoms with van der Waals surface area (Å²) in [5, 5.41) is 5.45. The van der Waals surface area contributed by atoms with Gasteiger partial charge in [0.1, 0.15) is 11.6 Å². The van der Waals surface area contributed by atoms with E-state index in [0.29, 0.717) is 18.7 Å². The Balaban J connectivity index is 1.77. The summed E-state index contributed by atoms with van der Waals surface area (Å²) in [6.45, 7) is 2.92. The minimum absolute atomic E-state index is 0.0260. The summed E-state index contributed by atoms with van der Waals surface area (Å²) in [7, 11) is 0. The highest BCUT2D eigenvalue weighted by molar-refractivity contribution is 6.10.